The zero-order valence-electron chi connectivity index (χ0n) is 21.6. The van der Waals surface area contributed by atoms with E-state index in [-0.39, 0.29) is 18.3 Å². The molecule has 0 radical (unpaired) electrons. The van der Waals surface area contributed by atoms with Crippen LogP contribution in [-0.4, -0.2) is 23.6 Å². The van der Waals surface area contributed by atoms with E-state index in [9.17, 15) is 0 Å². The predicted molar refractivity (Wildman–Crippen MR) is 159 cm³/mol. The number of rotatable bonds is 15. The van der Waals surface area contributed by atoms with Gasteiger partial charge in [0.15, 0.2) is 0 Å². The van der Waals surface area contributed by atoms with Gasteiger partial charge in [0, 0.05) is 5.33 Å². The van der Waals surface area contributed by atoms with Gasteiger partial charge in [0.1, 0.15) is 12.2 Å². The lowest BCUT2D eigenvalue weighted by molar-refractivity contribution is -0.138. The average Bonchev–Trinajstić information content (AvgIpc) is 2.99. The Balaban J connectivity index is 1.60. The van der Waals surface area contributed by atoms with Crippen LogP contribution in [0.25, 0.3) is 6.08 Å². The molecule has 4 rings (SSSR count). The molecular formula is C34H35BrO3. The molecule has 4 aromatic rings. The van der Waals surface area contributed by atoms with Crippen molar-refractivity contribution in [1.29, 1.82) is 0 Å². The van der Waals surface area contributed by atoms with Crippen LogP contribution in [0.15, 0.2) is 127 Å². The summed E-state index contributed by atoms with van der Waals surface area (Å²) >= 11 is 3.65. The van der Waals surface area contributed by atoms with Gasteiger partial charge in [0.05, 0.1) is 25.9 Å². The Morgan fingerprint density at radius 2 is 1.00 bits per heavy atom. The molecular weight excluding hydrogens is 536 g/mol. The standard InChI is InChI=1S/C34H35BrO3/c35-24-23-33(37-26-30-17-9-3-10-18-30)34(38-27-31-19-11-4-12-20-31)32(22-21-28-13-5-1-6-14-28)36-25-29-15-7-2-8-16-29/h1-22,32-34H,23-27H2/b22-21-/t32-,33-,34-/m1/s1. The fourth-order valence-electron chi connectivity index (χ4n) is 4.20. The van der Waals surface area contributed by atoms with E-state index in [0.717, 1.165) is 34.0 Å². The van der Waals surface area contributed by atoms with Crippen molar-refractivity contribution in [3.63, 3.8) is 0 Å². The van der Waals surface area contributed by atoms with Crippen LogP contribution in [0.3, 0.4) is 0 Å². The largest absolute Gasteiger partial charge is 0.371 e. The molecule has 196 valence electrons. The summed E-state index contributed by atoms with van der Waals surface area (Å²) in [5, 5.41) is 0.797. The van der Waals surface area contributed by atoms with Crippen molar-refractivity contribution in [3.8, 4) is 0 Å². The SMILES string of the molecule is BrCC[C@@H](OCc1ccccc1)[C@H](OCc1ccccc1)[C@@H](/C=C\c1ccccc1)OCc1ccccc1. The van der Waals surface area contributed by atoms with Crippen molar-refractivity contribution < 1.29 is 14.2 Å². The summed E-state index contributed by atoms with van der Waals surface area (Å²) < 4.78 is 19.8. The Labute approximate surface area is 235 Å². The second-order valence-corrected chi connectivity index (χ2v) is 9.90. The minimum Gasteiger partial charge on any atom is -0.371 e. The van der Waals surface area contributed by atoms with Crippen molar-refractivity contribution in [3.05, 3.63) is 150 Å². The summed E-state index contributed by atoms with van der Waals surface area (Å²) in [6, 6.07) is 41.1. The van der Waals surface area contributed by atoms with Gasteiger partial charge in [-0.2, -0.15) is 0 Å². The van der Waals surface area contributed by atoms with E-state index in [1.165, 1.54) is 0 Å². The van der Waals surface area contributed by atoms with E-state index in [4.69, 9.17) is 14.2 Å². The first kappa shape index (κ1) is 28.0. The predicted octanol–water partition coefficient (Wildman–Crippen LogP) is 8.24. The Bertz CT molecular complexity index is 1180. The highest BCUT2D eigenvalue weighted by Crippen LogP contribution is 2.23. The Kier molecular flexibility index (Phi) is 11.8. The van der Waals surface area contributed by atoms with Gasteiger partial charge in [-0.3, -0.25) is 0 Å². The van der Waals surface area contributed by atoms with Crippen LogP contribution < -0.4 is 0 Å². The number of alkyl halides is 1. The maximum atomic E-state index is 6.65. The van der Waals surface area contributed by atoms with E-state index in [1.807, 2.05) is 72.8 Å². The van der Waals surface area contributed by atoms with Crippen molar-refractivity contribution in [2.45, 2.75) is 44.6 Å². The molecule has 0 saturated heterocycles. The summed E-state index contributed by atoms with van der Waals surface area (Å²) in [6.07, 6.45) is 4.19. The van der Waals surface area contributed by atoms with Crippen molar-refractivity contribution in [2.24, 2.45) is 0 Å². The highest BCUT2D eigenvalue weighted by Gasteiger charge is 2.31. The van der Waals surface area contributed by atoms with Gasteiger partial charge in [0.25, 0.3) is 0 Å². The van der Waals surface area contributed by atoms with Crippen LogP contribution in [-0.2, 0) is 34.0 Å². The van der Waals surface area contributed by atoms with Crippen LogP contribution in [0.4, 0.5) is 0 Å². The maximum absolute atomic E-state index is 6.65. The Morgan fingerprint density at radius 3 is 1.50 bits per heavy atom. The van der Waals surface area contributed by atoms with Crippen molar-refractivity contribution in [1.82, 2.24) is 0 Å². The molecule has 0 N–H and O–H groups in total. The molecule has 0 aromatic heterocycles. The fraction of sp³-hybridized carbons (Fsp3) is 0.235. The number of halogens is 1. The molecule has 0 saturated carbocycles. The molecule has 0 heterocycles. The van der Waals surface area contributed by atoms with Gasteiger partial charge in [-0.05, 0) is 28.7 Å². The minimum atomic E-state index is -0.320. The molecule has 0 aliphatic carbocycles. The molecule has 38 heavy (non-hydrogen) atoms. The Morgan fingerprint density at radius 1 is 0.553 bits per heavy atom. The summed E-state index contributed by atoms with van der Waals surface area (Å²) in [5.41, 5.74) is 4.49. The summed E-state index contributed by atoms with van der Waals surface area (Å²) in [6.45, 7) is 1.47. The quantitative estimate of drug-likeness (QED) is 0.135. The van der Waals surface area contributed by atoms with Gasteiger partial charge >= 0.3 is 0 Å². The Hall–Kier alpha value is -3.02. The van der Waals surface area contributed by atoms with Crippen LogP contribution in [0, 0.1) is 0 Å². The molecule has 0 aliphatic rings. The fourth-order valence-corrected chi connectivity index (χ4v) is 4.66. The summed E-state index contributed by atoms with van der Waals surface area (Å²) in [4.78, 5) is 0. The average molecular weight is 572 g/mol. The maximum Gasteiger partial charge on any atom is 0.114 e. The number of hydrogen-bond acceptors (Lipinski definition) is 3. The lowest BCUT2D eigenvalue weighted by Crippen LogP contribution is -2.42. The van der Waals surface area contributed by atoms with E-state index in [1.54, 1.807) is 0 Å². The zero-order valence-corrected chi connectivity index (χ0v) is 23.2. The first-order valence-electron chi connectivity index (χ1n) is 13.1. The van der Waals surface area contributed by atoms with E-state index in [0.29, 0.717) is 19.8 Å². The minimum absolute atomic E-state index is 0.181. The third-order valence-corrected chi connectivity index (χ3v) is 6.70. The normalized spacial score (nSPS) is 13.8. The molecule has 0 amide bonds. The number of ether oxygens (including phenoxy) is 3. The van der Waals surface area contributed by atoms with Crippen LogP contribution in [0.2, 0.25) is 0 Å². The molecule has 3 atom stereocenters. The molecule has 0 aliphatic heterocycles. The van der Waals surface area contributed by atoms with Crippen LogP contribution in [0.5, 0.6) is 0 Å². The lowest BCUT2D eigenvalue weighted by Gasteiger charge is -2.32. The summed E-state index contributed by atoms with van der Waals surface area (Å²) in [5.74, 6) is 0. The molecule has 4 heteroatoms. The highest BCUT2D eigenvalue weighted by atomic mass is 79.9. The van der Waals surface area contributed by atoms with Crippen molar-refractivity contribution in [2.75, 3.05) is 5.33 Å². The van der Waals surface area contributed by atoms with Crippen LogP contribution in [0.1, 0.15) is 28.7 Å². The van der Waals surface area contributed by atoms with E-state index in [2.05, 4.69) is 76.6 Å². The first-order chi connectivity index (χ1) is 18.8. The summed E-state index contributed by atoms with van der Waals surface area (Å²) in [7, 11) is 0. The number of benzene rings is 4. The molecule has 0 bridgehead atoms. The first-order valence-corrected chi connectivity index (χ1v) is 14.2. The second-order valence-electron chi connectivity index (χ2n) is 9.10. The van der Waals surface area contributed by atoms with Gasteiger partial charge in [0.2, 0.25) is 0 Å². The third-order valence-electron chi connectivity index (χ3n) is 6.24. The van der Waals surface area contributed by atoms with Gasteiger partial charge in [-0.15, -0.1) is 0 Å². The van der Waals surface area contributed by atoms with E-state index < -0.39 is 0 Å². The zero-order chi connectivity index (χ0) is 26.3. The molecule has 4 aromatic carbocycles. The molecule has 0 fully saturated rings. The lowest BCUT2D eigenvalue weighted by atomic mass is 10.0. The number of hydrogen-bond donors (Lipinski definition) is 0. The van der Waals surface area contributed by atoms with Crippen LogP contribution >= 0.6 is 15.9 Å². The molecule has 0 spiro atoms. The second kappa shape index (κ2) is 16.1. The van der Waals surface area contributed by atoms with E-state index >= 15 is 0 Å². The van der Waals surface area contributed by atoms with Gasteiger partial charge < -0.3 is 14.2 Å². The van der Waals surface area contributed by atoms with Gasteiger partial charge in [-0.25, -0.2) is 0 Å². The topological polar surface area (TPSA) is 27.7 Å². The molecule has 0 unspecified atom stereocenters. The third kappa shape index (κ3) is 9.38. The molecule has 3 nitrogen and oxygen atoms in total. The highest BCUT2D eigenvalue weighted by molar-refractivity contribution is 9.09. The van der Waals surface area contributed by atoms with Crippen molar-refractivity contribution >= 4 is 22.0 Å². The van der Waals surface area contributed by atoms with Gasteiger partial charge in [-0.1, -0.05) is 149 Å². The monoisotopic (exact) mass is 570 g/mol. The smallest absolute Gasteiger partial charge is 0.114 e.